The summed E-state index contributed by atoms with van der Waals surface area (Å²) in [6.45, 7) is 2.56. The number of carbonyl (C=O) groups is 1. The topological polar surface area (TPSA) is 69.2 Å². The molecule has 1 aliphatic carbocycles. The molecule has 1 heterocycles. The van der Waals surface area contributed by atoms with Crippen molar-refractivity contribution in [3.05, 3.63) is 17.5 Å². The average Bonchev–Trinajstić information content (AvgIpc) is 2.89. The van der Waals surface area contributed by atoms with Crippen LogP contribution in [0.3, 0.4) is 0 Å². The lowest BCUT2D eigenvalue weighted by atomic mass is 10.1. The average molecular weight is 251 g/mol. The fraction of sp³-hybridized carbons (Fsp3) is 0.692. The zero-order chi connectivity index (χ0) is 13.1. The van der Waals surface area contributed by atoms with Gasteiger partial charge in [0, 0.05) is 25.2 Å². The Balaban J connectivity index is 1.84. The second-order valence-corrected chi connectivity index (χ2v) is 5.25. The second kappa shape index (κ2) is 5.52. The first-order valence-corrected chi connectivity index (χ1v) is 6.49. The lowest BCUT2D eigenvalue weighted by Crippen LogP contribution is -2.35. The number of aliphatic hydroxyl groups excluding tert-OH is 1. The fourth-order valence-electron chi connectivity index (χ4n) is 2.54. The van der Waals surface area contributed by atoms with Crippen LogP contribution in [0, 0.1) is 12.8 Å². The number of nitrogens with zero attached hydrogens (tertiary/aromatic N) is 2. The second-order valence-electron chi connectivity index (χ2n) is 5.25. The Labute approximate surface area is 107 Å². The van der Waals surface area contributed by atoms with Crippen LogP contribution in [-0.2, 0) is 11.2 Å². The first kappa shape index (κ1) is 13.1. The van der Waals surface area contributed by atoms with Crippen molar-refractivity contribution in [1.82, 2.24) is 15.1 Å². The third-order valence-electron chi connectivity index (χ3n) is 3.64. The van der Waals surface area contributed by atoms with Gasteiger partial charge in [-0.2, -0.15) is 5.10 Å². The van der Waals surface area contributed by atoms with Gasteiger partial charge in [-0.05, 0) is 25.8 Å². The van der Waals surface area contributed by atoms with Crippen LogP contribution in [0.1, 0.15) is 30.7 Å². The van der Waals surface area contributed by atoms with Crippen LogP contribution >= 0.6 is 0 Å². The number of rotatable bonds is 4. The van der Waals surface area contributed by atoms with Crippen LogP contribution < -0.4 is 0 Å². The van der Waals surface area contributed by atoms with E-state index in [1.54, 1.807) is 11.9 Å². The molecule has 0 spiro atoms. The number of likely N-dealkylation sites (N-methyl/N-ethyl adjacent to an activating group) is 1. The molecule has 100 valence electrons. The summed E-state index contributed by atoms with van der Waals surface area (Å²) < 4.78 is 0. The van der Waals surface area contributed by atoms with E-state index in [0.717, 1.165) is 30.7 Å². The van der Waals surface area contributed by atoms with Crippen LogP contribution in [0.4, 0.5) is 0 Å². The highest BCUT2D eigenvalue weighted by atomic mass is 16.3. The van der Waals surface area contributed by atoms with Crippen molar-refractivity contribution in [3.8, 4) is 0 Å². The van der Waals surface area contributed by atoms with Gasteiger partial charge >= 0.3 is 0 Å². The predicted octanol–water partition coefficient (Wildman–Crippen LogP) is 0.880. The van der Waals surface area contributed by atoms with E-state index in [1.165, 1.54) is 0 Å². The van der Waals surface area contributed by atoms with E-state index in [0.29, 0.717) is 13.0 Å². The lowest BCUT2D eigenvalue weighted by molar-refractivity contribution is -0.130. The molecule has 1 aromatic heterocycles. The van der Waals surface area contributed by atoms with Crippen LogP contribution in [-0.4, -0.2) is 45.8 Å². The summed E-state index contributed by atoms with van der Waals surface area (Å²) in [5, 5.41) is 16.7. The summed E-state index contributed by atoms with van der Waals surface area (Å²) >= 11 is 0. The summed E-state index contributed by atoms with van der Waals surface area (Å²) in [4.78, 5) is 13.7. The highest BCUT2D eigenvalue weighted by Crippen LogP contribution is 2.26. The van der Waals surface area contributed by atoms with Crippen molar-refractivity contribution in [1.29, 1.82) is 0 Å². The van der Waals surface area contributed by atoms with E-state index in [-0.39, 0.29) is 17.9 Å². The molecule has 0 aromatic carbocycles. The number of amides is 1. The Morgan fingerprint density at radius 2 is 2.39 bits per heavy atom. The molecular formula is C13H21N3O2. The summed E-state index contributed by atoms with van der Waals surface area (Å²) in [6, 6.07) is 1.89. The molecule has 2 unspecified atom stereocenters. The number of hydrogen-bond acceptors (Lipinski definition) is 3. The third kappa shape index (κ3) is 3.10. The Hall–Kier alpha value is -1.36. The Morgan fingerprint density at radius 3 is 2.94 bits per heavy atom. The molecule has 2 atom stereocenters. The number of aliphatic hydroxyl groups is 1. The highest BCUT2D eigenvalue weighted by molar-refractivity contribution is 5.78. The van der Waals surface area contributed by atoms with E-state index in [4.69, 9.17) is 0 Å². The maximum absolute atomic E-state index is 12.0. The predicted molar refractivity (Wildman–Crippen MR) is 68.0 cm³/mol. The number of aromatic nitrogens is 2. The van der Waals surface area contributed by atoms with Gasteiger partial charge in [-0.1, -0.05) is 6.42 Å². The minimum absolute atomic E-state index is 0.0561. The van der Waals surface area contributed by atoms with Crippen molar-refractivity contribution in [2.45, 2.75) is 38.7 Å². The van der Waals surface area contributed by atoms with Gasteiger partial charge in [0.25, 0.3) is 0 Å². The number of aromatic amines is 1. The molecular weight excluding hydrogens is 230 g/mol. The van der Waals surface area contributed by atoms with E-state index in [9.17, 15) is 9.90 Å². The molecule has 0 saturated heterocycles. The van der Waals surface area contributed by atoms with Crippen LogP contribution in [0.2, 0.25) is 0 Å². The summed E-state index contributed by atoms with van der Waals surface area (Å²) in [6.07, 6.45) is 3.02. The first-order valence-electron chi connectivity index (χ1n) is 6.49. The van der Waals surface area contributed by atoms with Crippen LogP contribution in [0.25, 0.3) is 0 Å². The van der Waals surface area contributed by atoms with E-state index >= 15 is 0 Å². The van der Waals surface area contributed by atoms with E-state index in [2.05, 4.69) is 10.2 Å². The monoisotopic (exact) mass is 251 g/mol. The minimum Gasteiger partial charge on any atom is -0.393 e. The highest BCUT2D eigenvalue weighted by Gasteiger charge is 2.27. The van der Waals surface area contributed by atoms with Crippen molar-refractivity contribution < 1.29 is 9.90 Å². The summed E-state index contributed by atoms with van der Waals surface area (Å²) in [5.74, 6) is 0.292. The van der Waals surface area contributed by atoms with E-state index < -0.39 is 0 Å². The van der Waals surface area contributed by atoms with Gasteiger partial charge in [-0.25, -0.2) is 0 Å². The number of aryl methyl sites for hydroxylation is 1. The summed E-state index contributed by atoms with van der Waals surface area (Å²) in [5.41, 5.74) is 1.74. The van der Waals surface area contributed by atoms with Crippen molar-refractivity contribution in [2.75, 3.05) is 13.6 Å². The zero-order valence-electron chi connectivity index (χ0n) is 11.0. The van der Waals surface area contributed by atoms with E-state index in [1.807, 2.05) is 13.0 Å². The van der Waals surface area contributed by atoms with Crippen molar-refractivity contribution in [3.63, 3.8) is 0 Å². The number of hydrogen-bond donors (Lipinski definition) is 2. The molecule has 0 radical (unpaired) electrons. The molecule has 1 aliphatic rings. The minimum atomic E-state index is -0.243. The normalized spacial score (nSPS) is 23.3. The standard InChI is InChI=1S/C13H21N3O2/c1-9-6-11(15-14-9)7-13(18)16(2)8-10-4-3-5-12(10)17/h6,10,12,17H,3-5,7-8H2,1-2H3,(H,14,15). The molecule has 0 aliphatic heterocycles. The molecule has 5 heteroatoms. The molecule has 18 heavy (non-hydrogen) atoms. The third-order valence-corrected chi connectivity index (χ3v) is 3.64. The van der Waals surface area contributed by atoms with Crippen molar-refractivity contribution >= 4 is 5.91 Å². The molecule has 2 rings (SSSR count). The molecule has 5 nitrogen and oxygen atoms in total. The maximum Gasteiger partial charge on any atom is 0.228 e. The Bertz CT molecular complexity index is 416. The number of nitrogens with one attached hydrogen (secondary N) is 1. The SMILES string of the molecule is Cc1cc(CC(=O)N(C)CC2CCCC2O)n[nH]1. The molecule has 0 bridgehead atoms. The van der Waals surface area contributed by atoms with Gasteiger partial charge in [-0.3, -0.25) is 9.89 Å². The Kier molecular flexibility index (Phi) is 4.01. The Morgan fingerprint density at radius 1 is 1.61 bits per heavy atom. The van der Waals surface area contributed by atoms with Crippen LogP contribution in [0.15, 0.2) is 6.07 Å². The molecule has 2 N–H and O–H groups in total. The maximum atomic E-state index is 12.0. The van der Waals surface area contributed by atoms with Gasteiger partial charge in [0.15, 0.2) is 0 Å². The summed E-state index contributed by atoms with van der Waals surface area (Å²) in [7, 11) is 1.80. The zero-order valence-corrected chi connectivity index (χ0v) is 11.0. The largest absolute Gasteiger partial charge is 0.393 e. The molecule has 1 fully saturated rings. The molecule has 1 amide bonds. The van der Waals surface area contributed by atoms with Gasteiger partial charge in [0.1, 0.15) is 0 Å². The van der Waals surface area contributed by atoms with Gasteiger partial charge < -0.3 is 10.0 Å². The van der Waals surface area contributed by atoms with Crippen molar-refractivity contribution in [2.24, 2.45) is 5.92 Å². The molecule has 1 saturated carbocycles. The van der Waals surface area contributed by atoms with Crippen LogP contribution in [0.5, 0.6) is 0 Å². The fourth-order valence-corrected chi connectivity index (χ4v) is 2.54. The van der Waals surface area contributed by atoms with Gasteiger partial charge in [0.05, 0.1) is 18.2 Å². The first-order chi connectivity index (χ1) is 8.56. The number of H-pyrrole nitrogens is 1. The van der Waals surface area contributed by atoms with Gasteiger partial charge in [-0.15, -0.1) is 0 Å². The smallest absolute Gasteiger partial charge is 0.228 e. The number of carbonyl (C=O) groups excluding carboxylic acids is 1. The quantitative estimate of drug-likeness (QED) is 0.834. The molecule has 1 aromatic rings. The lowest BCUT2D eigenvalue weighted by Gasteiger charge is -2.23. The van der Waals surface area contributed by atoms with Gasteiger partial charge in [0.2, 0.25) is 5.91 Å².